The number of alkyl halides is 3. The topological polar surface area (TPSA) is 120 Å². The third kappa shape index (κ3) is 7.16. The summed E-state index contributed by atoms with van der Waals surface area (Å²) in [4.78, 5) is 32.4. The molecule has 2 heterocycles. The Morgan fingerprint density at radius 1 is 1.33 bits per heavy atom. The Kier molecular flexibility index (Phi) is 8.67. The minimum Gasteiger partial charge on any atom is -0.378 e. The second-order valence-electron chi connectivity index (χ2n) is 8.29. The van der Waals surface area contributed by atoms with Crippen molar-refractivity contribution in [3.63, 3.8) is 0 Å². The molecule has 0 bridgehead atoms. The van der Waals surface area contributed by atoms with Crippen molar-refractivity contribution >= 4 is 24.0 Å². The molecule has 1 aromatic rings. The van der Waals surface area contributed by atoms with Crippen LogP contribution in [0.1, 0.15) is 44.2 Å². The number of nitrogens with one attached hydrogen (secondary N) is 2. The zero-order valence-corrected chi connectivity index (χ0v) is 18.2. The van der Waals surface area contributed by atoms with Gasteiger partial charge in [0.2, 0.25) is 18.3 Å². The molecule has 1 atom stereocenters. The van der Waals surface area contributed by atoms with Gasteiger partial charge in [0.25, 0.3) is 0 Å². The molecule has 1 aliphatic heterocycles. The number of hydrogen-bond acceptors (Lipinski definition) is 8. The highest BCUT2D eigenvalue weighted by atomic mass is 19.4. The molecule has 0 radical (unpaired) electrons. The van der Waals surface area contributed by atoms with Crippen LogP contribution in [0.3, 0.4) is 0 Å². The van der Waals surface area contributed by atoms with Crippen LogP contribution in [0.4, 0.5) is 24.8 Å². The minimum atomic E-state index is -4.72. The molecule has 1 saturated carbocycles. The van der Waals surface area contributed by atoms with E-state index in [1.165, 1.54) is 4.90 Å². The number of morpholine rings is 1. The molecule has 2 aliphatic rings. The normalized spacial score (nSPS) is 18.1. The van der Waals surface area contributed by atoms with Gasteiger partial charge in [0.1, 0.15) is 0 Å². The first kappa shape index (κ1) is 25.0. The van der Waals surface area contributed by atoms with Crippen molar-refractivity contribution in [2.75, 3.05) is 43.2 Å². The van der Waals surface area contributed by atoms with Crippen LogP contribution in [-0.4, -0.2) is 65.4 Å². The number of amides is 2. The molecular weight excluding hydrogens is 445 g/mol. The van der Waals surface area contributed by atoms with Crippen molar-refractivity contribution < 1.29 is 32.7 Å². The molecule has 184 valence electrons. The second-order valence-corrected chi connectivity index (χ2v) is 8.29. The van der Waals surface area contributed by atoms with Crippen LogP contribution in [0.5, 0.6) is 0 Å². The van der Waals surface area contributed by atoms with Crippen LogP contribution in [0.2, 0.25) is 0 Å². The molecule has 1 aliphatic carbocycles. The SMILES string of the molecule is O=CN(O)CC(CCC1CCCC1)C(=O)NNc1ncc(N2CCOCC2)c(C(F)(F)F)n1. The van der Waals surface area contributed by atoms with Gasteiger partial charge in [-0.3, -0.25) is 25.6 Å². The van der Waals surface area contributed by atoms with Gasteiger partial charge in [-0.1, -0.05) is 25.7 Å². The van der Waals surface area contributed by atoms with Crippen molar-refractivity contribution in [3.8, 4) is 0 Å². The predicted molar refractivity (Wildman–Crippen MR) is 111 cm³/mol. The quantitative estimate of drug-likeness (QED) is 0.268. The van der Waals surface area contributed by atoms with Crippen molar-refractivity contribution in [2.24, 2.45) is 11.8 Å². The molecule has 2 fully saturated rings. The van der Waals surface area contributed by atoms with E-state index in [4.69, 9.17) is 4.74 Å². The largest absolute Gasteiger partial charge is 0.435 e. The summed E-state index contributed by atoms with van der Waals surface area (Å²) in [5.74, 6) is -1.26. The van der Waals surface area contributed by atoms with Crippen molar-refractivity contribution in [3.05, 3.63) is 11.9 Å². The highest BCUT2D eigenvalue weighted by Gasteiger charge is 2.38. The first-order chi connectivity index (χ1) is 15.8. The lowest BCUT2D eigenvalue weighted by Crippen LogP contribution is -2.41. The molecule has 2 amide bonds. The van der Waals surface area contributed by atoms with Gasteiger partial charge in [-0.25, -0.2) is 15.0 Å². The molecule has 0 spiro atoms. The number of hydrazine groups is 1. The fourth-order valence-corrected chi connectivity index (χ4v) is 4.21. The average Bonchev–Trinajstić information content (AvgIpc) is 3.33. The summed E-state index contributed by atoms with van der Waals surface area (Å²) < 4.78 is 46.0. The first-order valence-electron chi connectivity index (χ1n) is 11.0. The van der Waals surface area contributed by atoms with E-state index in [0.29, 0.717) is 30.6 Å². The van der Waals surface area contributed by atoms with Crippen LogP contribution in [0.15, 0.2) is 6.20 Å². The van der Waals surface area contributed by atoms with E-state index in [0.717, 1.165) is 38.3 Å². The maximum Gasteiger partial charge on any atom is 0.435 e. The highest BCUT2D eigenvalue weighted by Crippen LogP contribution is 2.35. The third-order valence-corrected chi connectivity index (χ3v) is 5.99. The van der Waals surface area contributed by atoms with Gasteiger partial charge >= 0.3 is 6.18 Å². The van der Waals surface area contributed by atoms with Gasteiger partial charge in [0, 0.05) is 13.1 Å². The summed E-state index contributed by atoms with van der Waals surface area (Å²) in [6.07, 6.45) is 2.16. The molecular formula is C20H29F3N6O4. The van der Waals surface area contributed by atoms with Gasteiger partial charge in [-0.2, -0.15) is 13.2 Å². The van der Waals surface area contributed by atoms with Crippen LogP contribution in [0, 0.1) is 11.8 Å². The number of rotatable bonds is 10. The van der Waals surface area contributed by atoms with E-state index in [2.05, 4.69) is 20.8 Å². The van der Waals surface area contributed by atoms with Crippen molar-refractivity contribution in [2.45, 2.75) is 44.7 Å². The lowest BCUT2D eigenvalue weighted by molar-refractivity contribution is -0.154. The van der Waals surface area contributed by atoms with E-state index in [1.807, 2.05) is 0 Å². The highest BCUT2D eigenvalue weighted by molar-refractivity contribution is 5.80. The smallest absolute Gasteiger partial charge is 0.378 e. The standard InChI is InChI=1S/C20H29F3N6O4/c21-20(22,23)17-16(28-7-9-33-10-8-28)11-24-19(25-17)27-26-18(31)15(12-29(32)13-30)6-5-14-3-1-2-4-14/h11,13-15,32H,1-10,12H2,(H,26,31)(H,24,25,27). The van der Waals surface area contributed by atoms with Gasteiger partial charge < -0.3 is 9.64 Å². The Bertz CT molecular complexity index is 800. The summed E-state index contributed by atoms with van der Waals surface area (Å²) in [6, 6.07) is 0. The Morgan fingerprint density at radius 3 is 2.67 bits per heavy atom. The Hall–Kier alpha value is -2.67. The van der Waals surface area contributed by atoms with Crippen LogP contribution in [0.25, 0.3) is 0 Å². The number of ether oxygens (including phenoxy) is 1. The first-order valence-corrected chi connectivity index (χ1v) is 11.0. The van der Waals surface area contributed by atoms with E-state index < -0.39 is 29.6 Å². The number of hydrogen-bond donors (Lipinski definition) is 3. The van der Waals surface area contributed by atoms with Gasteiger partial charge in [-0.05, 0) is 18.8 Å². The number of carbonyl (C=O) groups is 2. The van der Waals surface area contributed by atoms with Crippen molar-refractivity contribution in [1.82, 2.24) is 20.5 Å². The number of halogens is 3. The third-order valence-electron chi connectivity index (χ3n) is 5.99. The molecule has 0 aromatic carbocycles. The number of nitrogens with zero attached hydrogens (tertiary/aromatic N) is 4. The molecule has 1 saturated heterocycles. The number of aromatic nitrogens is 2. The van der Waals surface area contributed by atoms with Crippen LogP contribution < -0.4 is 15.8 Å². The maximum absolute atomic E-state index is 13.6. The number of hydroxylamine groups is 2. The maximum atomic E-state index is 13.6. The molecule has 1 aromatic heterocycles. The summed E-state index contributed by atoms with van der Waals surface area (Å²) in [5, 5.41) is 9.92. The van der Waals surface area contributed by atoms with Gasteiger partial charge in [-0.15, -0.1) is 0 Å². The van der Waals surface area contributed by atoms with Crippen LogP contribution in [-0.2, 0) is 20.5 Å². The molecule has 1 unspecified atom stereocenters. The summed E-state index contributed by atoms with van der Waals surface area (Å²) in [7, 11) is 0. The zero-order chi connectivity index (χ0) is 23.8. The molecule has 10 nitrogen and oxygen atoms in total. The molecule has 3 rings (SSSR count). The summed E-state index contributed by atoms with van der Waals surface area (Å²) >= 11 is 0. The number of carbonyl (C=O) groups excluding carboxylic acids is 2. The zero-order valence-electron chi connectivity index (χ0n) is 18.2. The van der Waals surface area contributed by atoms with Gasteiger partial charge in [0.15, 0.2) is 5.69 Å². The lowest BCUT2D eigenvalue weighted by Gasteiger charge is -2.30. The fourth-order valence-electron chi connectivity index (χ4n) is 4.21. The van der Waals surface area contributed by atoms with Crippen molar-refractivity contribution in [1.29, 1.82) is 0 Å². The predicted octanol–water partition coefficient (Wildman–Crippen LogP) is 2.21. The summed E-state index contributed by atoms with van der Waals surface area (Å²) in [5.41, 5.74) is 3.38. The van der Waals surface area contributed by atoms with E-state index in [-0.39, 0.29) is 31.7 Å². The minimum absolute atomic E-state index is 0.154. The molecule has 13 heteroatoms. The van der Waals surface area contributed by atoms with E-state index in [1.54, 1.807) is 0 Å². The monoisotopic (exact) mass is 474 g/mol. The van der Waals surface area contributed by atoms with E-state index >= 15 is 0 Å². The Balaban J connectivity index is 1.66. The van der Waals surface area contributed by atoms with E-state index in [9.17, 15) is 28.0 Å². The molecule has 3 N–H and O–H groups in total. The fraction of sp³-hybridized carbons (Fsp3) is 0.700. The lowest BCUT2D eigenvalue weighted by atomic mass is 9.94. The summed E-state index contributed by atoms with van der Waals surface area (Å²) in [6.45, 7) is 0.949. The second kappa shape index (κ2) is 11.5. The molecule has 33 heavy (non-hydrogen) atoms. The van der Waals surface area contributed by atoms with Crippen LogP contribution >= 0.6 is 0 Å². The Morgan fingerprint density at radius 2 is 2.03 bits per heavy atom. The average molecular weight is 474 g/mol. The van der Waals surface area contributed by atoms with Gasteiger partial charge in [0.05, 0.1) is 37.6 Å². The Labute approximate surface area is 189 Å². The number of anilines is 2.